The van der Waals surface area contributed by atoms with Crippen LogP contribution in [0.3, 0.4) is 0 Å². The number of hydrogen-bond donors (Lipinski definition) is 2. The van der Waals surface area contributed by atoms with Gasteiger partial charge in [-0.05, 0) is 29.9 Å². The van der Waals surface area contributed by atoms with Crippen LogP contribution in [0.4, 0.5) is 5.69 Å². The molecule has 0 saturated heterocycles. The molecule has 5 heteroatoms. The molecule has 4 nitrogen and oxygen atoms in total. The lowest BCUT2D eigenvalue weighted by Crippen LogP contribution is -2.28. The first kappa shape index (κ1) is 14.5. The third-order valence-corrected chi connectivity index (χ3v) is 3.94. The van der Waals surface area contributed by atoms with Gasteiger partial charge in [-0.15, -0.1) is 0 Å². The summed E-state index contributed by atoms with van der Waals surface area (Å²) in [6.07, 6.45) is 3.76. The van der Waals surface area contributed by atoms with E-state index in [0.717, 1.165) is 0 Å². The van der Waals surface area contributed by atoms with Crippen molar-refractivity contribution in [3.05, 3.63) is 41.6 Å². The van der Waals surface area contributed by atoms with Crippen molar-refractivity contribution < 1.29 is 0 Å². The minimum atomic E-state index is -0.0269. The maximum Gasteiger partial charge on any atom is 0.186 e. The minimum absolute atomic E-state index is 0.0269. The number of likely N-dealkylation sites (N-methyl/N-ethyl adjacent to an activating group) is 1. The summed E-state index contributed by atoms with van der Waals surface area (Å²) in [6, 6.07) is 8.47. The van der Waals surface area contributed by atoms with Gasteiger partial charge in [0.05, 0.1) is 0 Å². The number of hydrogen-bond acceptors (Lipinski definition) is 3. The summed E-state index contributed by atoms with van der Waals surface area (Å²) in [5, 5.41) is 7.40. The molecule has 1 heterocycles. The van der Waals surface area contributed by atoms with Gasteiger partial charge >= 0.3 is 0 Å². The fourth-order valence-corrected chi connectivity index (χ4v) is 2.61. The molecule has 0 fully saturated rings. The topological polar surface area (TPSA) is 39.7 Å². The molecule has 106 valence electrons. The Labute approximate surface area is 125 Å². The lowest BCUT2D eigenvalue weighted by molar-refractivity contribution is 0.641. The van der Waals surface area contributed by atoms with E-state index in [9.17, 15) is 0 Å². The summed E-state index contributed by atoms with van der Waals surface area (Å²) in [7, 11) is 3.84. The monoisotopic (exact) mass is 288 g/mol. The Morgan fingerprint density at radius 3 is 2.70 bits per heavy atom. The van der Waals surface area contributed by atoms with Crippen LogP contribution < -0.4 is 15.6 Å². The van der Waals surface area contributed by atoms with Crippen LogP contribution in [-0.2, 0) is 5.41 Å². The number of allylic oxidation sites excluding steroid dienone is 2. The molecule has 1 aromatic rings. The number of thiocarbonyl (C=S) groups is 1. The average molecular weight is 288 g/mol. The van der Waals surface area contributed by atoms with Crippen LogP contribution in [0.15, 0.2) is 41.1 Å². The highest BCUT2D eigenvalue weighted by atomic mass is 32.1. The van der Waals surface area contributed by atoms with Crippen molar-refractivity contribution >= 4 is 29.2 Å². The van der Waals surface area contributed by atoms with Crippen LogP contribution in [-0.4, -0.2) is 25.4 Å². The molecule has 0 spiro atoms. The number of benzene rings is 1. The Hall–Kier alpha value is -1.88. The third-order valence-electron chi connectivity index (χ3n) is 3.64. The second kappa shape index (κ2) is 5.63. The molecule has 0 amide bonds. The zero-order valence-corrected chi connectivity index (χ0v) is 13.1. The summed E-state index contributed by atoms with van der Waals surface area (Å²) in [5.41, 5.74) is 6.51. The van der Waals surface area contributed by atoms with Crippen molar-refractivity contribution in [2.24, 2.45) is 5.10 Å². The summed E-state index contributed by atoms with van der Waals surface area (Å²) in [5.74, 6) is 0. The van der Waals surface area contributed by atoms with E-state index in [4.69, 9.17) is 12.2 Å². The summed E-state index contributed by atoms with van der Waals surface area (Å²) in [6.45, 7) is 4.45. The highest BCUT2D eigenvalue weighted by Crippen LogP contribution is 2.46. The van der Waals surface area contributed by atoms with Gasteiger partial charge in [-0.25, -0.2) is 0 Å². The van der Waals surface area contributed by atoms with Crippen LogP contribution >= 0.6 is 12.2 Å². The molecule has 0 radical (unpaired) electrons. The molecule has 20 heavy (non-hydrogen) atoms. The predicted octanol–water partition coefficient (Wildman–Crippen LogP) is 2.38. The second-order valence-corrected chi connectivity index (χ2v) is 5.63. The fourth-order valence-electron chi connectivity index (χ4n) is 2.56. The highest BCUT2D eigenvalue weighted by Gasteiger charge is 2.37. The van der Waals surface area contributed by atoms with E-state index >= 15 is 0 Å². The van der Waals surface area contributed by atoms with Crippen LogP contribution in [0.2, 0.25) is 0 Å². The van der Waals surface area contributed by atoms with E-state index in [1.807, 2.05) is 6.08 Å². The van der Waals surface area contributed by atoms with Crippen molar-refractivity contribution in [2.75, 3.05) is 19.0 Å². The van der Waals surface area contributed by atoms with Gasteiger partial charge in [0.1, 0.15) is 0 Å². The number of nitrogens with zero attached hydrogens (tertiary/aromatic N) is 2. The predicted molar refractivity (Wildman–Crippen MR) is 89.2 cm³/mol. The van der Waals surface area contributed by atoms with Crippen LogP contribution in [0, 0.1) is 0 Å². The number of fused-ring (bicyclic) bond motifs is 1. The summed E-state index contributed by atoms with van der Waals surface area (Å²) < 4.78 is 0. The first-order valence-corrected chi connectivity index (χ1v) is 6.94. The van der Waals surface area contributed by atoms with Crippen molar-refractivity contribution in [3.8, 4) is 0 Å². The third kappa shape index (κ3) is 2.54. The van der Waals surface area contributed by atoms with Gasteiger partial charge in [-0.2, -0.15) is 5.10 Å². The molecule has 0 atom stereocenters. The summed E-state index contributed by atoms with van der Waals surface area (Å²) >= 11 is 4.96. The number of hydrazone groups is 1. The lowest BCUT2D eigenvalue weighted by atomic mass is 9.84. The van der Waals surface area contributed by atoms with E-state index in [1.54, 1.807) is 13.3 Å². The molecular weight excluding hydrogens is 268 g/mol. The number of rotatable bonds is 2. The normalized spacial score (nSPS) is 18.4. The van der Waals surface area contributed by atoms with Gasteiger partial charge in [0.15, 0.2) is 5.11 Å². The van der Waals surface area contributed by atoms with Crippen molar-refractivity contribution in [2.45, 2.75) is 19.3 Å². The van der Waals surface area contributed by atoms with Gasteiger partial charge in [-0.3, -0.25) is 5.43 Å². The Bertz CT molecular complexity index is 575. The van der Waals surface area contributed by atoms with Gasteiger partial charge < -0.3 is 10.2 Å². The van der Waals surface area contributed by atoms with E-state index in [1.165, 1.54) is 16.9 Å². The molecular formula is C15H20N4S. The Kier molecular flexibility index (Phi) is 4.09. The zero-order chi connectivity index (χ0) is 14.8. The zero-order valence-electron chi connectivity index (χ0n) is 12.3. The molecule has 2 rings (SSSR count). The molecule has 2 N–H and O–H groups in total. The van der Waals surface area contributed by atoms with Crippen molar-refractivity contribution in [3.63, 3.8) is 0 Å². The van der Waals surface area contributed by atoms with Gasteiger partial charge in [0, 0.05) is 37.1 Å². The maximum absolute atomic E-state index is 4.96. The molecule has 0 saturated carbocycles. The van der Waals surface area contributed by atoms with E-state index < -0.39 is 0 Å². The second-order valence-electron chi connectivity index (χ2n) is 5.22. The average Bonchev–Trinajstić information content (AvgIpc) is 2.64. The molecule has 1 aliphatic rings. The van der Waals surface area contributed by atoms with Crippen LogP contribution in [0.5, 0.6) is 0 Å². The van der Waals surface area contributed by atoms with E-state index in [2.05, 4.69) is 65.9 Å². The highest BCUT2D eigenvalue weighted by molar-refractivity contribution is 7.80. The van der Waals surface area contributed by atoms with Gasteiger partial charge in [0.2, 0.25) is 0 Å². The maximum atomic E-state index is 4.96. The number of nitrogens with one attached hydrogen (secondary N) is 2. The standard InChI is InChI=1S/C15H20N4S/c1-15(2)11-7-5-6-8-12(11)19(4)13(15)9-10-17-18-14(20)16-3/h5-10H,1-4H3,(H2,16,18,20)/b13-9+,17-10+. The molecule has 1 aliphatic heterocycles. The first-order valence-electron chi connectivity index (χ1n) is 6.53. The van der Waals surface area contributed by atoms with E-state index in [-0.39, 0.29) is 5.41 Å². The molecule has 0 aromatic heterocycles. The number of anilines is 1. The SMILES string of the molecule is CNC(=S)N/N=C/C=C1/N(C)c2ccccc2C1(C)C. The smallest absolute Gasteiger partial charge is 0.186 e. The molecule has 0 bridgehead atoms. The minimum Gasteiger partial charge on any atom is -0.364 e. The largest absolute Gasteiger partial charge is 0.364 e. The van der Waals surface area contributed by atoms with Gasteiger partial charge in [-0.1, -0.05) is 32.0 Å². The quantitative estimate of drug-likeness (QED) is 0.498. The Balaban J connectivity index is 2.24. The number of para-hydroxylation sites is 1. The fraction of sp³-hybridized carbons (Fsp3) is 0.333. The van der Waals surface area contributed by atoms with Crippen molar-refractivity contribution in [1.29, 1.82) is 0 Å². The molecule has 1 aromatic carbocycles. The van der Waals surface area contributed by atoms with Crippen LogP contribution in [0.25, 0.3) is 0 Å². The molecule has 0 unspecified atom stereocenters. The van der Waals surface area contributed by atoms with Gasteiger partial charge in [0.25, 0.3) is 0 Å². The Morgan fingerprint density at radius 2 is 2.05 bits per heavy atom. The lowest BCUT2D eigenvalue weighted by Gasteiger charge is -2.23. The first-order chi connectivity index (χ1) is 9.48. The van der Waals surface area contributed by atoms with Crippen molar-refractivity contribution in [1.82, 2.24) is 10.7 Å². The Morgan fingerprint density at radius 1 is 1.35 bits per heavy atom. The van der Waals surface area contributed by atoms with Crippen LogP contribution in [0.1, 0.15) is 19.4 Å². The summed E-state index contributed by atoms with van der Waals surface area (Å²) in [4.78, 5) is 2.21. The molecule has 0 aliphatic carbocycles. The van der Waals surface area contributed by atoms with E-state index in [0.29, 0.717) is 5.11 Å².